The number of allylic oxidation sites excluding steroid dienone is 10. The Bertz CT molecular complexity index is 1170. The number of carbonyl (C=O) groups is 3. The molecule has 0 spiro atoms. The van der Waals surface area contributed by atoms with Gasteiger partial charge in [0.1, 0.15) is 13.2 Å². The minimum Gasteiger partial charge on any atom is -0.462 e. The summed E-state index contributed by atoms with van der Waals surface area (Å²) in [4.78, 5) is 38.0. The molecule has 0 heterocycles. The molecule has 0 aliphatic carbocycles. The molecule has 64 heavy (non-hydrogen) atoms. The zero-order chi connectivity index (χ0) is 46.5. The van der Waals surface area contributed by atoms with Crippen LogP contribution in [0.25, 0.3) is 0 Å². The standard InChI is InChI=1S/C58H102O6/c1-4-7-10-13-16-19-22-25-28-29-31-33-36-39-42-45-48-51-57(60)63-54-55(53-62-56(59)50-47-44-41-38-35-32-27-24-21-18-15-12-9-6-3)64-58(61)52-49-46-43-40-37-34-30-26-23-20-17-14-11-8-5-2/h17,20,23,25-26,28,31,33,39,42,55H,4-16,18-19,21-22,24,27,29-30,32,34-38,40-41,43-54H2,1-3H3/b20-17-,26-23-,28-25-,33-31-,42-39-. The summed E-state index contributed by atoms with van der Waals surface area (Å²) in [6, 6.07) is 0. The molecule has 0 aliphatic heterocycles. The minimum atomic E-state index is -0.798. The highest BCUT2D eigenvalue weighted by Crippen LogP contribution is 2.15. The molecule has 0 fully saturated rings. The van der Waals surface area contributed by atoms with Crippen LogP contribution in [0.3, 0.4) is 0 Å². The van der Waals surface area contributed by atoms with Gasteiger partial charge in [0, 0.05) is 19.3 Å². The van der Waals surface area contributed by atoms with Crippen molar-refractivity contribution in [2.24, 2.45) is 0 Å². The van der Waals surface area contributed by atoms with Gasteiger partial charge in [0.15, 0.2) is 6.10 Å². The van der Waals surface area contributed by atoms with Crippen molar-refractivity contribution in [2.75, 3.05) is 13.2 Å². The lowest BCUT2D eigenvalue weighted by atomic mass is 10.0. The third-order valence-corrected chi connectivity index (χ3v) is 11.8. The molecule has 370 valence electrons. The molecule has 0 aliphatic rings. The Kier molecular flexibility index (Phi) is 50.4. The highest BCUT2D eigenvalue weighted by Gasteiger charge is 2.19. The summed E-state index contributed by atoms with van der Waals surface area (Å²) in [6.45, 7) is 6.57. The largest absolute Gasteiger partial charge is 0.462 e. The van der Waals surface area contributed by atoms with Crippen molar-refractivity contribution in [3.05, 3.63) is 60.8 Å². The lowest BCUT2D eigenvalue weighted by Gasteiger charge is -2.18. The Labute approximate surface area is 396 Å². The average molecular weight is 895 g/mol. The molecule has 0 saturated heterocycles. The van der Waals surface area contributed by atoms with Gasteiger partial charge in [-0.3, -0.25) is 14.4 Å². The molecule has 0 aromatic carbocycles. The molecule has 1 unspecified atom stereocenters. The molecule has 0 N–H and O–H groups in total. The molecule has 0 amide bonds. The van der Waals surface area contributed by atoms with Crippen LogP contribution in [0.1, 0.15) is 271 Å². The van der Waals surface area contributed by atoms with Gasteiger partial charge in [0.2, 0.25) is 0 Å². The zero-order valence-corrected chi connectivity index (χ0v) is 42.3. The fourth-order valence-electron chi connectivity index (χ4n) is 7.63. The van der Waals surface area contributed by atoms with Crippen molar-refractivity contribution >= 4 is 17.9 Å². The molecule has 0 saturated carbocycles. The van der Waals surface area contributed by atoms with E-state index in [9.17, 15) is 14.4 Å². The van der Waals surface area contributed by atoms with E-state index in [0.717, 1.165) is 70.6 Å². The second kappa shape index (κ2) is 52.7. The summed E-state index contributed by atoms with van der Waals surface area (Å²) >= 11 is 0. The van der Waals surface area contributed by atoms with Crippen LogP contribution in [0.4, 0.5) is 0 Å². The predicted octanol–water partition coefficient (Wildman–Crippen LogP) is 18.0. The molecule has 0 radical (unpaired) electrons. The maximum Gasteiger partial charge on any atom is 0.306 e. The van der Waals surface area contributed by atoms with Gasteiger partial charge in [0.05, 0.1) is 0 Å². The molecule has 0 rings (SSSR count). The fourth-order valence-corrected chi connectivity index (χ4v) is 7.63. The van der Waals surface area contributed by atoms with Crippen LogP contribution < -0.4 is 0 Å². The van der Waals surface area contributed by atoms with E-state index in [0.29, 0.717) is 19.3 Å². The van der Waals surface area contributed by atoms with E-state index in [1.54, 1.807) is 0 Å². The van der Waals surface area contributed by atoms with Gasteiger partial charge in [-0.1, -0.05) is 236 Å². The number of esters is 3. The smallest absolute Gasteiger partial charge is 0.306 e. The molecule has 0 aromatic heterocycles. The second-order valence-corrected chi connectivity index (χ2v) is 18.2. The fraction of sp³-hybridized carbons (Fsp3) is 0.776. The van der Waals surface area contributed by atoms with Gasteiger partial charge in [-0.05, 0) is 77.0 Å². The highest BCUT2D eigenvalue weighted by molar-refractivity contribution is 5.71. The number of carbonyl (C=O) groups excluding carboxylic acids is 3. The van der Waals surface area contributed by atoms with Crippen LogP contribution in [0, 0.1) is 0 Å². The first kappa shape index (κ1) is 61.1. The van der Waals surface area contributed by atoms with Crippen LogP contribution in [0.5, 0.6) is 0 Å². The number of rotatable bonds is 49. The third kappa shape index (κ3) is 50.1. The summed E-state index contributed by atoms with van der Waals surface area (Å²) in [6.07, 6.45) is 64.9. The molecule has 6 heteroatoms. The van der Waals surface area contributed by atoms with Crippen LogP contribution in [-0.2, 0) is 28.6 Å². The Morgan fingerprint density at radius 3 is 1.06 bits per heavy atom. The third-order valence-electron chi connectivity index (χ3n) is 11.8. The van der Waals surface area contributed by atoms with E-state index in [-0.39, 0.29) is 37.5 Å². The van der Waals surface area contributed by atoms with E-state index in [2.05, 4.69) is 81.5 Å². The van der Waals surface area contributed by atoms with Crippen molar-refractivity contribution in [2.45, 2.75) is 277 Å². The Morgan fingerprint density at radius 2 is 0.625 bits per heavy atom. The predicted molar refractivity (Wildman–Crippen MR) is 275 cm³/mol. The number of unbranched alkanes of at least 4 members (excludes halogenated alkanes) is 29. The molecule has 6 nitrogen and oxygen atoms in total. The Balaban J connectivity index is 4.46. The summed E-state index contributed by atoms with van der Waals surface area (Å²) in [7, 11) is 0. The van der Waals surface area contributed by atoms with E-state index in [4.69, 9.17) is 14.2 Å². The van der Waals surface area contributed by atoms with E-state index >= 15 is 0 Å². The monoisotopic (exact) mass is 895 g/mol. The molecular formula is C58H102O6. The van der Waals surface area contributed by atoms with Crippen molar-refractivity contribution in [3.8, 4) is 0 Å². The molecular weight excluding hydrogens is 793 g/mol. The topological polar surface area (TPSA) is 78.9 Å². The van der Waals surface area contributed by atoms with Crippen molar-refractivity contribution in [3.63, 3.8) is 0 Å². The lowest BCUT2D eigenvalue weighted by Crippen LogP contribution is -2.30. The van der Waals surface area contributed by atoms with E-state index in [1.165, 1.54) is 154 Å². The summed E-state index contributed by atoms with van der Waals surface area (Å²) in [5, 5.41) is 0. The molecule has 0 aromatic rings. The SMILES string of the molecule is CCCCC/C=C\C=C/CCCCCCCCC(=O)OC(COC(=O)CCC/C=C\C/C=C\C/C=C\CCCCCCCC)COC(=O)CCCCCCCCCCCCCCCC. The van der Waals surface area contributed by atoms with Gasteiger partial charge in [-0.25, -0.2) is 0 Å². The maximum atomic E-state index is 12.8. The van der Waals surface area contributed by atoms with Gasteiger partial charge in [0.25, 0.3) is 0 Å². The van der Waals surface area contributed by atoms with Crippen LogP contribution in [0.15, 0.2) is 60.8 Å². The van der Waals surface area contributed by atoms with Crippen molar-refractivity contribution in [1.29, 1.82) is 0 Å². The van der Waals surface area contributed by atoms with Crippen LogP contribution >= 0.6 is 0 Å². The van der Waals surface area contributed by atoms with E-state index in [1.807, 2.05) is 0 Å². The Hall–Kier alpha value is -2.89. The summed E-state index contributed by atoms with van der Waals surface area (Å²) in [5.41, 5.74) is 0. The maximum absolute atomic E-state index is 12.8. The first-order valence-corrected chi connectivity index (χ1v) is 27.3. The minimum absolute atomic E-state index is 0.0925. The zero-order valence-electron chi connectivity index (χ0n) is 42.3. The molecule has 0 bridgehead atoms. The first-order valence-electron chi connectivity index (χ1n) is 27.3. The second-order valence-electron chi connectivity index (χ2n) is 18.2. The number of hydrogen-bond donors (Lipinski definition) is 0. The quantitative estimate of drug-likeness (QED) is 0.0199. The lowest BCUT2D eigenvalue weighted by molar-refractivity contribution is -0.167. The van der Waals surface area contributed by atoms with Gasteiger partial charge < -0.3 is 14.2 Å². The molecule has 1 atom stereocenters. The van der Waals surface area contributed by atoms with Crippen LogP contribution in [-0.4, -0.2) is 37.2 Å². The first-order chi connectivity index (χ1) is 31.5. The highest BCUT2D eigenvalue weighted by atomic mass is 16.6. The van der Waals surface area contributed by atoms with Crippen molar-refractivity contribution in [1.82, 2.24) is 0 Å². The van der Waals surface area contributed by atoms with Gasteiger partial charge >= 0.3 is 17.9 Å². The van der Waals surface area contributed by atoms with Crippen LogP contribution in [0.2, 0.25) is 0 Å². The summed E-state index contributed by atoms with van der Waals surface area (Å²) in [5.74, 6) is -0.951. The van der Waals surface area contributed by atoms with E-state index < -0.39 is 6.10 Å². The van der Waals surface area contributed by atoms with Gasteiger partial charge in [-0.15, -0.1) is 0 Å². The normalized spacial score (nSPS) is 12.5. The average Bonchev–Trinajstić information content (AvgIpc) is 3.29. The summed E-state index contributed by atoms with van der Waals surface area (Å²) < 4.78 is 16.8. The number of hydrogen-bond acceptors (Lipinski definition) is 6. The van der Waals surface area contributed by atoms with Gasteiger partial charge in [-0.2, -0.15) is 0 Å². The van der Waals surface area contributed by atoms with Crippen molar-refractivity contribution < 1.29 is 28.6 Å². The number of ether oxygens (including phenoxy) is 3. The Morgan fingerprint density at radius 1 is 0.328 bits per heavy atom.